The Morgan fingerprint density at radius 2 is 1.54 bits per heavy atom. The highest BCUT2D eigenvalue weighted by atomic mass is 35.5. The summed E-state index contributed by atoms with van der Waals surface area (Å²) < 4.78 is 1.32. The molecule has 0 aliphatic heterocycles. The Hall–Kier alpha value is -2.90. The van der Waals surface area contributed by atoms with Gasteiger partial charge in [0.25, 0.3) is 5.91 Å². The number of benzene rings is 2. The number of anilines is 2. The van der Waals surface area contributed by atoms with E-state index in [1.807, 2.05) is 0 Å². The first-order valence-corrected chi connectivity index (χ1v) is 8.27. The number of halogens is 2. The molecule has 9 heteroatoms. The van der Waals surface area contributed by atoms with Crippen molar-refractivity contribution in [1.29, 1.82) is 0 Å². The number of amides is 2. The third-order valence-electron chi connectivity index (χ3n) is 3.30. The van der Waals surface area contributed by atoms with Gasteiger partial charge in [0.2, 0.25) is 11.9 Å². The fourth-order valence-electron chi connectivity index (χ4n) is 2.08. The van der Waals surface area contributed by atoms with Crippen molar-refractivity contribution in [2.75, 3.05) is 10.6 Å². The van der Waals surface area contributed by atoms with Gasteiger partial charge < -0.3 is 5.32 Å². The predicted octanol–water partition coefficient (Wildman–Crippen LogP) is 3.48. The molecule has 0 radical (unpaired) electrons. The smallest absolute Gasteiger partial charge is 0.258 e. The molecule has 26 heavy (non-hydrogen) atoms. The van der Waals surface area contributed by atoms with Crippen molar-refractivity contribution in [2.24, 2.45) is 0 Å². The summed E-state index contributed by atoms with van der Waals surface area (Å²) in [7, 11) is 0. The van der Waals surface area contributed by atoms with Crippen molar-refractivity contribution in [2.45, 2.75) is 6.54 Å². The molecule has 0 aliphatic rings. The molecule has 3 aromatic rings. The highest BCUT2D eigenvalue weighted by molar-refractivity contribution is 6.31. The van der Waals surface area contributed by atoms with Gasteiger partial charge in [0.05, 0.1) is 0 Å². The highest BCUT2D eigenvalue weighted by Crippen LogP contribution is 2.13. The third-order valence-corrected chi connectivity index (χ3v) is 3.81. The van der Waals surface area contributed by atoms with Crippen molar-refractivity contribution in [3.8, 4) is 0 Å². The van der Waals surface area contributed by atoms with Crippen LogP contribution in [0.4, 0.5) is 11.6 Å². The second kappa shape index (κ2) is 7.99. The van der Waals surface area contributed by atoms with Crippen LogP contribution >= 0.6 is 23.2 Å². The maximum absolute atomic E-state index is 12.1. The van der Waals surface area contributed by atoms with E-state index in [4.69, 9.17) is 23.2 Å². The summed E-state index contributed by atoms with van der Waals surface area (Å²) in [5, 5.41) is 10.4. The second-order valence-corrected chi connectivity index (χ2v) is 6.15. The minimum Gasteiger partial charge on any atom is -0.324 e. The minimum atomic E-state index is -0.370. The maximum atomic E-state index is 12.1. The summed E-state index contributed by atoms with van der Waals surface area (Å²) in [4.78, 5) is 28.1. The SMILES string of the molecule is O=C(Cn1cnc(NC(=O)c2ccc(Cl)cc2)n1)Nc1ccc(Cl)cc1. The molecule has 0 atom stereocenters. The van der Waals surface area contributed by atoms with E-state index in [1.165, 1.54) is 11.0 Å². The van der Waals surface area contributed by atoms with Gasteiger partial charge in [0, 0.05) is 21.3 Å². The lowest BCUT2D eigenvalue weighted by atomic mass is 10.2. The molecule has 2 aromatic carbocycles. The van der Waals surface area contributed by atoms with Gasteiger partial charge in [-0.3, -0.25) is 14.9 Å². The van der Waals surface area contributed by atoms with Gasteiger partial charge in [0.15, 0.2) is 0 Å². The monoisotopic (exact) mass is 389 g/mol. The fraction of sp³-hybridized carbons (Fsp3) is 0.0588. The van der Waals surface area contributed by atoms with Crippen LogP contribution in [0.15, 0.2) is 54.9 Å². The van der Waals surface area contributed by atoms with Crippen molar-refractivity contribution in [1.82, 2.24) is 14.8 Å². The van der Waals surface area contributed by atoms with Crippen LogP contribution in [-0.4, -0.2) is 26.6 Å². The maximum Gasteiger partial charge on any atom is 0.258 e. The predicted molar refractivity (Wildman–Crippen MR) is 99.5 cm³/mol. The van der Waals surface area contributed by atoms with Crippen molar-refractivity contribution in [3.63, 3.8) is 0 Å². The number of nitrogens with one attached hydrogen (secondary N) is 2. The molecule has 2 amide bonds. The third kappa shape index (κ3) is 4.81. The normalized spacial score (nSPS) is 10.4. The zero-order chi connectivity index (χ0) is 18.5. The number of nitrogens with zero attached hydrogens (tertiary/aromatic N) is 3. The van der Waals surface area contributed by atoms with Crippen LogP contribution < -0.4 is 10.6 Å². The standard InChI is InChI=1S/C17H13Cl2N5O2/c18-12-3-1-11(2-4-12)16(26)22-17-20-10-24(23-17)9-15(25)21-14-7-5-13(19)6-8-14/h1-8,10H,9H2,(H,21,25)(H,22,23,26). The number of carbonyl (C=O) groups is 2. The van der Waals surface area contributed by atoms with E-state index < -0.39 is 0 Å². The van der Waals surface area contributed by atoms with Gasteiger partial charge in [0.1, 0.15) is 12.9 Å². The zero-order valence-corrected chi connectivity index (χ0v) is 14.8. The minimum absolute atomic E-state index is 0.0492. The Labute approximate surface area is 158 Å². The Balaban J connectivity index is 1.57. The first kappa shape index (κ1) is 17.9. The summed E-state index contributed by atoms with van der Waals surface area (Å²) in [6, 6.07) is 13.2. The average molecular weight is 390 g/mol. The lowest BCUT2D eigenvalue weighted by Gasteiger charge is -2.05. The van der Waals surface area contributed by atoms with Gasteiger partial charge in [-0.2, -0.15) is 0 Å². The molecule has 0 spiro atoms. The van der Waals surface area contributed by atoms with E-state index in [0.717, 1.165) is 0 Å². The van der Waals surface area contributed by atoms with E-state index in [1.54, 1.807) is 48.5 Å². The van der Waals surface area contributed by atoms with Crippen LogP contribution in [0, 0.1) is 0 Å². The summed E-state index contributed by atoms with van der Waals surface area (Å²) in [6.45, 7) is -0.0492. The summed E-state index contributed by atoms with van der Waals surface area (Å²) >= 11 is 11.6. The Kier molecular flexibility index (Phi) is 5.50. The second-order valence-electron chi connectivity index (χ2n) is 5.28. The molecule has 3 rings (SSSR count). The van der Waals surface area contributed by atoms with Gasteiger partial charge in [-0.1, -0.05) is 23.2 Å². The molecule has 0 unspecified atom stereocenters. The summed E-state index contributed by atoms with van der Waals surface area (Å²) in [5.74, 6) is -0.554. The number of hydrogen-bond acceptors (Lipinski definition) is 4. The molecular formula is C17H13Cl2N5O2. The lowest BCUT2D eigenvalue weighted by Crippen LogP contribution is -2.19. The number of hydrogen-bond donors (Lipinski definition) is 2. The van der Waals surface area contributed by atoms with E-state index >= 15 is 0 Å². The summed E-state index contributed by atoms with van der Waals surface area (Å²) in [5.41, 5.74) is 1.04. The first-order chi connectivity index (χ1) is 12.5. The molecule has 0 saturated carbocycles. The molecular weight excluding hydrogens is 377 g/mol. The van der Waals surface area contributed by atoms with Gasteiger partial charge in [-0.05, 0) is 48.5 Å². The Bertz CT molecular complexity index is 923. The largest absolute Gasteiger partial charge is 0.324 e. The highest BCUT2D eigenvalue weighted by Gasteiger charge is 2.11. The van der Waals surface area contributed by atoms with Crippen LogP contribution in [0.5, 0.6) is 0 Å². The number of aromatic nitrogens is 3. The molecule has 0 fully saturated rings. The molecule has 1 heterocycles. The lowest BCUT2D eigenvalue weighted by molar-refractivity contribution is -0.116. The van der Waals surface area contributed by atoms with Crippen molar-refractivity contribution < 1.29 is 9.59 Å². The van der Waals surface area contributed by atoms with Crippen LogP contribution in [0.25, 0.3) is 0 Å². The van der Waals surface area contributed by atoms with Crippen LogP contribution in [0.1, 0.15) is 10.4 Å². The molecule has 0 bridgehead atoms. The molecule has 0 saturated heterocycles. The average Bonchev–Trinajstić information content (AvgIpc) is 3.04. The topological polar surface area (TPSA) is 88.9 Å². The van der Waals surface area contributed by atoms with Gasteiger partial charge in [-0.15, -0.1) is 5.10 Å². The van der Waals surface area contributed by atoms with E-state index in [2.05, 4.69) is 20.7 Å². The molecule has 2 N–H and O–H groups in total. The molecule has 132 valence electrons. The fourth-order valence-corrected chi connectivity index (χ4v) is 2.34. The molecule has 0 aliphatic carbocycles. The van der Waals surface area contributed by atoms with E-state index in [0.29, 0.717) is 21.3 Å². The quantitative estimate of drug-likeness (QED) is 0.698. The van der Waals surface area contributed by atoms with Crippen LogP contribution in [-0.2, 0) is 11.3 Å². The number of carbonyl (C=O) groups excluding carboxylic acids is 2. The van der Waals surface area contributed by atoms with Gasteiger partial charge >= 0.3 is 0 Å². The number of rotatable bonds is 5. The van der Waals surface area contributed by atoms with Gasteiger partial charge in [-0.25, -0.2) is 9.67 Å². The Morgan fingerprint density at radius 1 is 0.923 bits per heavy atom. The summed E-state index contributed by atoms with van der Waals surface area (Å²) in [6.07, 6.45) is 1.36. The molecule has 7 nitrogen and oxygen atoms in total. The van der Waals surface area contributed by atoms with E-state index in [-0.39, 0.29) is 24.3 Å². The Morgan fingerprint density at radius 3 is 2.19 bits per heavy atom. The van der Waals surface area contributed by atoms with E-state index in [9.17, 15) is 9.59 Å². The first-order valence-electron chi connectivity index (χ1n) is 7.51. The van der Waals surface area contributed by atoms with Crippen molar-refractivity contribution >= 4 is 46.7 Å². The molecule has 1 aromatic heterocycles. The zero-order valence-electron chi connectivity index (χ0n) is 13.3. The van der Waals surface area contributed by atoms with Crippen LogP contribution in [0.3, 0.4) is 0 Å². The van der Waals surface area contributed by atoms with Crippen LogP contribution in [0.2, 0.25) is 10.0 Å². The van der Waals surface area contributed by atoms with Crippen molar-refractivity contribution in [3.05, 3.63) is 70.5 Å².